The van der Waals surface area contributed by atoms with Crippen molar-refractivity contribution in [2.45, 2.75) is 39.2 Å². The van der Waals surface area contributed by atoms with Crippen molar-refractivity contribution in [2.24, 2.45) is 0 Å². The molecule has 0 heterocycles. The van der Waals surface area contributed by atoms with Crippen LogP contribution in [-0.2, 0) is 0 Å². The molecule has 2 aromatic carbocycles. The van der Waals surface area contributed by atoms with E-state index in [1.54, 1.807) is 0 Å². The van der Waals surface area contributed by atoms with E-state index in [-0.39, 0.29) is 6.10 Å². The van der Waals surface area contributed by atoms with Gasteiger partial charge < -0.3 is 4.74 Å². The SMILES string of the molecule is CCCCC(Oc1ccc(C)cc1)c1ccccc1. The third kappa shape index (κ3) is 4.13. The van der Waals surface area contributed by atoms with Gasteiger partial charge in [-0.2, -0.15) is 0 Å². The normalized spacial score (nSPS) is 12.1. The summed E-state index contributed by atoms with van der Waals surface area (Å²) in [6.45, 7) is 4.31. The molecule has 1 atom stereocenters. The molecule has 0 fully saturated rings. The van der Waals surface area contributed by atoms with Gasteiger partial charge in [0.2, 0.25) is 0 Å². The van der Waals surface area contributed by atoms with Gasteiger partial charge in [0.05, 0.1) is 0 Å². The van der Waals surface area contributed by atoms with E-state index in [1.807, 2.05) is 6.07 Å². The summed E-state index contributed by atoms with van der Waals surface area (Å²) in [7, 11) is 0. The molecule has 19 heavy (non-hydrogen) atoms. The summed E-state index contributed by atoms with van der Waals surface area (Å²) in [6, 6.07) is 18.8. The molecule has 1 heteroatoms. The number of ether oxygens (including phenoxy) is 1. The Bertz CT molecular complexity index is 473. The van der Waals surface area contributed by atoms with E-state index in [1.165, 1.54) is 24.0 Å². The van der Waals surface area contributed by atoms with E-state index in [4.69, 9.17) is 4.74 Å². The highest BCUT2D eigenvalue weighted by molar-refractivity contribution is 5.28. The molecule has 0 aliphatic rings. The molecule has 0 aromatic heterocycles. The Morgan fingerprint density at radius 1 is 0.947 bits per heavy atom. The van der Waals surface area contributed by atoms with Crippen LogP contribution < -0.4 is 4.74 Å². The largest absolute Gasteiger partial charge is 0.486 e. The Balaban J connectivity index is 2.11. The first-order valence-electron chi connectivity index (χ1n) is 7.08. The van der Waals surface area contributed by atoms with Gasteiger partial charge in [-0.25, -0.2) is 0 Å². The maximum Gasteiger partial charge on any atom is 0.124 e. The van der Waals surface area contributed by atoms with Crippen molar-refractivity contribution in [1.82, 2.24) is 0 Å². The number of unbranched alkanes of at least 4 members (excludes halogenated alkanes) is 1. The highest BCUT2D eigenvalue weighted by Gasteiger charge is 2.12. The second-order valence-corrected chi connectivity index (χ2v) is 4.97. The van der Waals surface area contributed by atoms with E-state index < -0.39 is 0 Å². The molecule has 2 aromatic rings. The van der Waals surface area contributed by atoms with Crippen molar-refractivity contribution in [3.05, 3.63) is 65.7 Å². The molecule has 0 amide bonds. The zero-order valence-electron chi connectivity index (χ0n) is 11.8. The molecule has 100 valence electrons. The van der Waals surface area contributed by atoms with Crippen LogP contribution in [0.3, 0.4) is 0 Å². The molecule has 0 bridgehead atoms. The fourth-order valence-electron chi connectivity index (χ4n) is 2.13. The van der Waals surface area contributed by atoms with E-state index >= 15 is 0 Å². The summed E-state index contributed by atoms with van der Waals surface area (Å²) in [5.74, 6) is 0.954. The van der Waals surface area contributed by atoms with E-state index in [9.17, 15) is 0 Å². The first-order valence-corrected chi connectivity index (χ1v) is 7.08. The summed E-state index contributed by atoms with van der Waals surface area (Å²) >= 11 is 0. The smallest absolute Gasteiger partial charge is 0.124 e. The maximum atomic E-state index is 6.16. The Kier molecular flexibility index (Phi) is 5.02. The van der Waals surface area contributed by atoms with E-state index in [2.05, 4.69) is 62.4 Å². The zero-order valence-corrected chi connectivity index (χ0v) is 11.8. The number of hydrogen-bond donors (Lipinski definition) is 0. The van der Waals surface area contributed by atoms with Crippen molar-refractivity contribution >= 4 is 0 Å². The first-order chi connectivity index (χ1) is 9.29. The van der Waals surface area contributed by atoms with Gasteiger partial charge >= 0.3 is 0 Å². The molecule has 0 spiro atoms. The lowest BCUT2D eigenvalue weighted by Gasteiger charge is -2.19. The predicted molar refractivity (Wildman–Crippen MR) is 80.5 cm³/mol. The van der Waals surface area contributed by atoms with Crippen LogP contribution in [0.4, 0.5) is 0 Å². The minimum Gasteiger partial charge on any atom is -0.486 e. The average molecular weight is 254 g/mol. The van der Waals surface area contributed by atoms with Crippen LogP contribution >= 0.6 is 0 Å². The molecule has 1 nitrogen and oxygen atoms in total. The molecule has 0 aliphatic carbocycles. The Hall–Kier alpha value is -1.76. The summed E-state index contributed by atoms with van der Waals surface area (Å²) < 4.78 is 6.16. The molecule has 0 saturated carbocycles. The highest BCUT2D eigenvalue weighted by atomic mass is 16.5. The molecule has 2 rings (SSSR count). The second-order valence-electron chi connectivity index (χ2n) is 4.97. The van der Waals surface area contributed by atoms with Gasteiger partial charge in [-0.3, -0.25) is 0 Å². The number of hydrogen-bond acceptors (Lipinski definition) is 1. The van der Waals surface area contributed by atoms with Crippen LogP contribution in [0.1, 0.15) is 43.4 Å². The lowest BCUT2D eigenvalue weighted by molar-refractivity contribution is 0.191. The summed E-state index contributed by atoms with van der Waals surface area (Å²) in [5.41, 5.74) is 2.52. The lowest BCUT2D eigenvalue weighted by atomic mass is 10.0. The van der Waals surface area contributed by atoms with Gasteiger partial charge in [-0.1, -0.05) is 61.4 Å². The number of benzene rings is 2. The van der Waals surface area contributed by atoms with Crippen LogP contribution in [0.25, 0.3) is 0 Å². The van der Waals surface area contributed by atoms with Crippen molar-refractivity contribution in [3.8, 4) is 5.75 Å². The molecule has 0 saturated heterocycles. The van der Waals surface area contributed by atoms with Gasteiger partial charge in [0.1, 0.15) is 11.9 Å². The van der Waals surface area contributed by atoms with Crippen molar-refractivity contribution in [3.63, 3.8) is 0 Å². The molecule has 0 radical (unpaired) electrons. The van der Waals surface area contributed by atoms with Crippen molar-refractivity contribution in [1.29, 1.82) is 0 Å². The first kappa shape index (κ1) is 13.7. The van der Waals surface area contributed by atoms with Crippen LogP contribution in [0.5, 0.6) is 5.75 Å². The summed E-state index contributed by atoms with van der Waals surface area (Å²) in [6.07, 6.45) is 3.60. The van der Waals surface area contributed by atoms with Crippen molar-refractivity contribution < 1.29 is 4.74 Å². The average Bonchev–Trinajstić information content (AvgIpc) is 2.46. The Labute approximate surface area is 116 Å². The number of rotatable bonds is 6. The molecule has 1 unspecified atom stereocenters. The quantitative estimate of drug-likeness (QED) is 0.679. The lowest BCUT2D eigenvalue weighted by Crippen LogP contribution is -2.07. The topological polar surface area (TPSA) is 9.23 Å². The molecular formula is C18H22O. The Morgan fingerprint density at radius 2 is 1.63 bits per heavy atom. The maximum absolute atomic E-state index is 6.16. The fraction of sp³-hybridized carbons (Fsp3) is 0.333. The monoisotopic (exact) mass is 254 g/mol. The third-order valence-electron chi connectivity index (χ3n) is 3.29. The van der Waals surface area contributed by atoms with Gasteiger partial charge in [0.15, 0.2) is 0 Å². The summed E-state index contributed by atoms with van der Waals surface area (Å²) in [5, 5.41) is 0. The zero-order chi connectivity index (χ0) is 13.5. The van der Waals surface area contributed by atoms with E-state index in [0.29, 0.717) is 0 Å². The minimum absolute atomic E-state index is 0.156. The predicted octanol–water partition coefficient (Wildman–Crippen LogP) is 5.31. The van der Waals surface area contributed by atoms with E-state index in [0.717, 1.165) is 12.2 Å². The van der Waals surface area contributed by atoms with Crippen LogP contribution in [0, 0.1) is 6.92 Å². The second kappa shape index (κ2) is 6.98. The van der Waals surface area contributed by atoms with Gasteiger partial charge in [0, 0.05) is 0 Å². The molecule has 0 N–H and O–H groups in total. The van der Waals surface area contributed by atoms with Gasteiger partial charge in [-0.15, -0.1) is 0 Å². The van der Waals surface area contributed by atoms with Gasteiger partial charge in [-0.05, 0) is 37.5 Å². The molecular weight excluding hydrogens is 232 g/mol. The van der Waals surface area contributed by atoms with Crippen molar-refractivity contribution in [2.75, 3.05) is 0 Å². The number of aryl methyl sites for hydroxylation is 1. The molecule has 0 aliphatic heterocycles. The Morgan fingerprint density at radius 3 is 2.26 bits per heavy atom. The standard InChI is InChI=1S/C18H22O/c1-3-4-10-18(16-8-6-5-7-9-16)19-17-13-11-15(2)12-14-17/h5-9,11-14,18H,3-4,10H2,1-2H3. The van der Waals surface area contributed by atoms with Gasteiger partial charge in [0.25, 0.3) is 0 Å². The van der Waals surface area contributed by atoms with Crippen LogP contribution in [0.15, 0.2) is 54.6 Å². The van der Waals surface area contributed by atoms with Crippen LogP contribution in [0.2, 0.25) is 0 Å². The van der Waals surface area contributed by atoms with Crippen LogP contribution in [-0.4, -0.2) is 0 Å². The minimum atomic E-state index is 0.156. The fourth-order valence-corrected chi connectivity index (χ4v) is 2.13. The highest BCUT2D eigenvalue weighted by Crippen LogP contribution is 2.26. The summed E-state index contributed by atoms with van der Waals surface area (Å²) in [4.78, 5) is 0. The third-order valence-corrected chi connectivity index (χ3v) is 3.29.